The number of aromatic nitrogens is 2. The van der Waals surface area contributed by atoms with Crippen LogP contribution in [0.5, 0.6) is 0 Å². The van der Waals surface area contributed by atoms with Gasteiger partial charge < -0.3 is 4.57 Å². The van der Waals surface area contributed by atoms with Gasteiger partial charge in [-0.05, 0) is 25.7 Å². The molecule has 1 fully saturated rings. The lowest BCUT2D eigenvalue weighted by Crippen LogP contribution is -2.40. The first kappa shape index (κ1) is 15.5. The van der Waals surface area contributed by atoms with E-state index in [4.69, 9.17) is 0 Å². The molecule has 1 saturated heterocycles. The molecule has 0 spiro atoms. The Labute approximate surface area is 122 Å². The molecule has 1 aromatic rings. The molecular formula is C14H25N3O2S. The number of aryl methyl sites for hydroxylation is 1. The summed E-state index contributed by atoms with van der Waals surface area (Å²) in [5.74, 6) is 1.43. The molecule has 0 N–H and O–H groups in total. The van der Waals surface area contributed by atoms with Crippen LogP contribution in [0.15, 0.2) is 12.4 Å². The first-order valence-corrected chi connectivity index (χ1v) is 9.02. The van der Waals surface area contributed by atoms with E-state index in [1.54, 1.807) is 10.5 Å². The maximum atomic E-state index is 12.5. The summed E-state index contributed by atoms with van der Waals surface area (Å²) in [7, 11) is -3.14. The lowest BCUT2D eigenvalue weighted by atomic mass is 10.2. The van der Waals surface area contributed by atoms with Gasteiger partial charge >= 0.3 is 0 Å². The van der Waals surface area contributed by atoms with Gasteiger partial charge in [0.2, 0.25) is 10.0 Å². The molecule has 1 aromatic heterocycles. The Morgan fingerprint density at radius 2 is 2.25 bits per heavy atom. The van der Waals surface area contributed by atoms with Gasteiger partial charge in [0, 0.05) is 31.5 Å². The molecule has 2 rings (SSSR count). The highest BCUT2D eigenvalue weighted by molar-refractivity contribution is 7.89. The van der Waals surface area contributed by atoms with Crippen LogP contribution in [-0.2, 0) is 16.6 Å². The van der Waals surface area contributed by atoms with E-state index in [9.17, 15) is 8.42 Å². The maximum Gasteiger partial charge on any atom is 0.214 e. The zero-order valence-corrected chi connectivity index (χ0v) is 13.4. The van der Waals surface area contributed by atoms with Crippen molar-refractivity contribution in [2.24, 2.45) is 5.92 Å². The molecule has 0 unspecified atom stereocenters. The molecule has 1 aliphatic heterocycles. The minimum Gasteiger partial charge on any atom is -0.334 e. The molecule has 0 saturated carbocycles. The molecule has 0 bridgehead atoms. The minimum absolute atomic E-state index is 0.0805. The Kier molecular flexibility index (Phi) is 4.86. The van der Waals surface area contributed by atoms with Crippen LogP contribution in [0.25, 0.3) is 0 Å². The number of rotatable bonds is 6. The lowest BCUT2D eigenvalue weighted by molar-refractivity contribution is 0.347. The first-order valence-electron chi connectivity index (χ1n) is 7.41. The Balaban J connectivity index is 2.09. The van der Waals surface area contributed by atoms with Crippen LogP contribution < -0.4 is 0 Å². The van der Waals surface area contributed by atoms with Gasteiger partial charge in [-0.15, -0.1) is 0 Å². The molecule has 0 aromatic carbocycles. The van der Waals surface area contributed by atoms with E-state index < -0.39 is 10.0 Å². The van der Waals surface area contributed by atoms with Gasteiger partial charge in [0.1, 0.15) is 5.82 Å². The molecule has 2 atom stereocenters. The summed E-state index contributed by atoms with van der Waals surface area (Å²) in [5.41, 5.74) is 0. The SMILES string of the molecule is CC[C@@H](C)CS(=O)(=O)N1CCC[C@@H]1Cn1ccnc1C. The van der Waals surface area contributed by atoms with Crippen LogP contribution in [0.2, 0.25) is 0 Å². The lowest BCUT2D eigenvalue weighted by Gasteiger charge is -2.26. The van der Waals surface area contributed by atoms with Gasteiger partial charge in [-0.1, -0.05) is 20.3 Å². The van der Waals surface area contributed by atoms with E-state index >= 15 is 0 Å². The second kappa shape index (κ2) is 6.26. The van der Waals surface area contributed by atoms with Crippen molar-refractivity contribution in [2.45, 2.75) is 52.6 Å². The van der Waals surface area contributed by atoms with Crippen molar-refractivity contribution in [3.8, 4) is 0 Å². The van der Waals surface area contributed by atoms with E-state index in [1.807, 2.05) is 31.5 Å². The predicted molar refractivity (Wildman–Crippen MR) is 79.9 cm³/mol. The third-order valence-corrected chi connectivity index (χ3v) is 6.39. The van der Waals surface area contributed by atoms with E-state index in [-0.39, 0.29) is 17.7 Å². The van der Waals surface area contributed by atoms with Crippen LogP contribution in [-0.4, -0.2) is 40.6 Å². The second-order valence-corrected chi connectivity index (χ2v) is 7.79. The molecule has 5 nitrogen and oxygen atoms in total. The van der Waals surface area contributed by atoms with Crippen LogP contribution in [0.3, 0.4) is 0 Å². The van der Waals surface area contributed by atoms with Gasteiger partial charge in [0.05, 0.1) is 5.75 Å². The highest BCUT2D eigenvalue weighted by atomic mass is 32.2. The smallest absolute Gasteiger partial charge is 0.214 e. The van der Waals surface area contributed by atoms with Gasteiger partial charge in [-0.3, -0.25) is 0 Å². The molecule has 1 aliphatic rings. The van der Waals surface area contributed by atoms with E-state index in [0.717, 1.165) is 25.1 Å². The summed E-state index contributed by atoms with van der Waals surface area (Å²) in [6, 6.07) is 0.0805. The van der Waals surface area contributed by atoms with Crippen LogP contribution >= 0.6 is 0 Å². The monoisotopic (exact) mass is 299 g/mol. The zero-order chi connectivity index (χ0) is 14.8. The van der Waals surface area contributed by atoms with E-state index in [2.05, 4.69) is 4.98 Å². The van der Waals surface area contributed by atoms with Crippen molar-refractivity contribution in [3.05, 3.63) is 18.2 Å². The summed E-state index contributed by atoms with van der Waals surface area (Å²) in [6.07, 6.45) is 6.49. The van der Waals surface area contributed by atoms with Crippen molar-refractivity contribution in [1.82, 2.24) is 13.9 Å². The average molecular weight is 299 g/mol. The highest BCUT2D eigenvalue weighted by Gasteiger charge is 2.34. The molecule has 114 valence electrons. The average Bonchev–Trinajstić information content (AvgIpc) is 3.00. The quantitative estimate of drug-likeness (QED) is 0.807. The highest BCUT2D eigenvalue weighted by Crippen LogP contribution is 2.24. The third-order valence-electron chi connectivity index (χ3n) is 4.20. The molecule has 0 aliphatic carbocycles. The van der Waals surface area contributed by atoms with Crippen LogP contribution in [0.1, 0.15) is 38.9 Å². The standard InChI is InChI=1S/C14H25N3O2S/c1-4-12(2)11-20(18,19)17-8-5-6-14(17)10-16-9-7-15-13(16)3/h7,9,12,14H,4-6,8,10-11H2,1-3H3/t12-,14-/m1/s1. The first-order chi connectivity index (χ1) is 9.44. The Morgan fingerprint density at radius 3 is 2.85 bits per heavy atom. The number of hydrogen-bond donors (Lipinski definition) is 0. The summed E-state index contributed by atoms with van der Waals surface area (Å²) in [6.45, 7) is 7.37. The van der Waals surface area contributed by atoms with Crippen LogP contribution in [0, 0.1) is 12.8 Å². The number of sulfonamides is 1. The minimum atomic E-state index is -3.14. The Bertz CT molecular complexity index is 538. The van der Waals surface area contributed by atoms with Crippen molar-refractivity contribution >= 4 is 10.0 Å². The maximum absolute atomic E-state index is 12.5. The molecule has 0 radical (unpaired) electrons. The second-order valence-electron chi connectivity index (χ2n) is 5.83. The summed E-state index contributed by atoms with van der Waals surface area (Å²) >= 11 is 0. The molecule has 0 amide bonds. The topological polar surface area (TPSA) is 55.2 Å². The van der Waals surface area contributed by atoms with Crippen molar-refractivity contribution in [1.29, 1.82) is 0 Å². The third kappa shape index (κ3) is 3.41. The number of nitrogens with zero attached hydrogens (tertiary/aromatic N) is 3. The van der Waals surface area contributed by atoms with Gasteiger partial charge in [-0.2, -0.15) is 4.31 Å². The fraction of sp³-hybridized carbons (Fsp3) is 0.786. The van der Waals surface area contributed by atoms with E-state index in [1.165, 1.54) is 0 Å². The van der Waals surface area contributed by atoms with Gasteiger partial charge in [0.15, 0.2) is 0 Å². The predicted octanol–water partition coefficient (Wildman–Crippen LogP) is 2.03. The van der Waals surface area contributed by atoms with Crippen molar-refractivity contribution < 1.29 is 8.42 Å². The number of hydrogen-bond acceptors (Lipinski definition) is 3. The zero-order valence-electron chi connectivity index (χ0n) is 12.6. The molecule has 20 heavy (non-hydrogen) atoms. The molecule has 6 heteroatoms. The summed E-state index contributed by atoms with van der Waals surface area (Å²) in [5, 5.41) is 0. The molecular weight excluding hydrogens is 274 g/mol. The largest absolute Gasteiger partial charge is 0.334 e. The van der Waals surface area contributed by atoms with Crippen molar-refractivity contribution in [3.63, 3.8) is 0 Å². The molecule has 2 heterocycles. The Hall–Kier alpha value is -0.880. The normalized spacial score (nSPS) is 22.2. The summed E-state index contributed by atoms with van der Waals surface area (Å²) < 4.78 is 28.8. The fourth-order valence-electron chi connectivity index (χ4n) is 2.75. The van der Waals surface area contributed by atoms with Gasteiger partial charge in [-0.25, -0.2) is 13.4 Å². The summed E-state index contributed by atoms with van der Waals surface area (Å²) in [4.78, 5) is 4.20. The van der Waals surface area contributed by atoms with Crippen LogP contribution in [0.4, 0.5) is 0 Å². The van der Waals surface area contributed by atoms with E-state index in [0.29, 0.717) is 13.1 Å². The van der Waals surface area contributed by atoms with Gasteiger partial charge in [0.25, 0.3) is 0 Å². The van der Waals surface area contributed by atoms with Crippen molar-refractivity contribution in [2.75, 3.05) is 12.3 Å². The Morgan fingerprint density at radius 1 is 1.50 bits per heavy atom. The number of imidazole rings is 1. The fourth-order valence-corrected chi connectivity index (χ4v) is 4.93.